The zero-order chi connectivity index (χ0) is 10.5. The summed E-state index contributed by atoms with van der Waals surface area (Å²) >= 11 is 0. The largest absolute Gasteiger partial charge is 0.522 e. The van der Waals surface area contributed by atoms with Gasteiger partial charge >= 0.3 is 6.36 Å². The van der Waals surface area contributed by atoms with E-state index in [1.54, 1.807) is 20.8 Å². The average Bonchev–Trinajstić information content (AvgIpc) is 1.95. The molecule has 1 atom stereocenters. The van der Waals surface area contributed by atoms with Crippen molar-refractivity contribution < 1.29 is 22.6 Å². The Morgan fingerprint density at radius 1 is 1.23 bits per heavy atom. The molecule has 0 fully saturated rings. The lowest BCUT2D eigenvalue weighted by atomic mass is 10.3. The second-order valence-corrected chi connectivity index (χ2v) is 2.97. The van der Waals surface area contributed by atoms with Crippen LogP contribution in [0.1, 0.15) is 27.2 Å². The summed E-state index contributed by atoms with van der Waals surface area (Å²) in [5, 5.41) is 0. The average molecular weight is 200 g/mol. The third-order valence-electron chi connectivity index (χ3n) is 1.35. The third-order valence-corrected chi connectivity index (χ3v) is 1.35. The highest BCUT2D eigenvalue weighted by atomic mass is 19.4. The Hall–Kier alpha value is -0.290. The van der Waals surface area contributed by atoms with Gasteiger partial charge in [0.05, 0.1) is 18.8 Å². The minimum Gasteiger partial charge on any atom is -0.373 e. The Morgan fingerprint density at radius 3 is 2.08 bits per heavy atom. The standard InChI is InChI=1S/C8H15F3O2/c1-4-7(13-6(2)3)5-12-8(9,10)11/h6-7H,4-5H2,1-3H3. The maximum absolute atomic E-state index is 11.6. The van der Waals surface area contributed by atoms with Crippen LogP contribution in [0, 0.1) is 0 Å². The fourth-order valence-corrected chi connectivity index (χ4v) is 0.826. The van der Waals surface area contributed by atoms with Crippen molar-refractivity contribution in [1.82, 2.24) is 0 Å². The highest BCUT2D eigenvalue weighted by Gasteiger charge is 2.30. The van der Waals surface area contributed by atoms with E-state index in [1.165, 1.54) is 0 Å². The molecule has 0 heterocycles. The summed E-state index contributed by atoms with van der Waals surface area (Å²) in [7, 11) is 0. The van der Waals surface area contributed by atoms with Crippen LogP contribution >= 0.6 is 0 Å². The maximum Gasteiger partial charge on any atom is 0.522 e. The van der Waals surface area contributed by atoms with Crippen LogP contribution in [0.5, 0.6) is 0 Å². The van der Waals surface area contributed by atoms with E-state index in [9.17, 15) is 13.2 Å². The van der Waals surface area contributed by atoms with Gasteiger partial charge in [0, 0.05) is 0 Å². The van der Waals surface area contributed by atoms with E-state index >= 15 is 0 Å². The minimum absolute atomic E-state index is 0.0817. The SMILES string of the molecule is CCC(COC(F)(F)F)OC(C)C. The molecule has 0 amide bonds. The summed E-state index contributed by atoms with van der Waals surface area (Å²) in [6, 6.07) is 0. The van der Waals surface area contributed by atoms with Gasteiger partial charge < -0.3 is 4.74 Å². The van der Waals surface area contributed by atoms with Crippen molar-refractivity contribution in [2.24, 2.45) is 0 Å². The molecule has 1 unspecified atom stereocenters. The molecule has 0 aromatic heterocycles. The molecule has 0 saturated carbocycles. The van der Waals surface area contributed by atoms with Crippen molar-refractivity contribution in [2.75, 3.05) is 6.61 Å². The zero-order valence-electron chi connectivity index (χ0n) is 8.02. The molecule has 5 heteroatoms. The number of hydrogen-bond acceptors (Lipinski definition) is 2. The fraction of sp³-hybridized carbons (Fsp3) is 1.00. The molecule has 0 aliphatic carbocycles. The van der Waals surface area contributed by atoms with Crippen LogP contribution in [-0.2, 0) is 9.47 Å². The number of halogens is 3. The Morgan fingerprint density at radius 2 is 1.77 bits per heavy atom. The fourth-order valence-electron chi connectivity index (χ4n) is 0.826. The van der Waals surface area contributed by atoms with E-state index in [0.29, 0.717) is 6.42 Å². The van der Waals surface area contributed by atoms with Crippen LogP contribution in [0.3, 0.4) is 0 Å². The molecule has 2 nitrogen and oxygen atoms in total. The van der Waals surface area contributed by atoms with Crippen LogP contribution in [-0.4, -0.2) is 25.2 Å². The topological polar surface area (TPSA) is 18.5 Å². The van der Waals surface area contributed by atoms with Gasteiger partial charge in [-0.15, -0.1) is 13.2 Å². The summed E-state index contributed by atoms with van der Waals surface area (Å²) in [6.07, 6.45) is -4.62. The van der Waals surface area contributed by atoms with Crippen molar-refractivity contribution in [2.45, 2.75) is 45.8 Å². The van der Waals surface area contributed by atoms with Gasteiger partial charge in [-0.2, -0.15) is 0 Å². The summed E-state index contributed by atoms with van der Waals surface area (Å²) in [5.74, 6) is 0. The second-order valence-electron chi connectivity index (χ2n) is 2.97. The van der Waals surface area contributed by atoms with Crippen molar-refractivity contribution in [3.63, 3.8) is 0 Å². The van der Waals surface area contributed by atoms with Crippen LogP contribution < -0.4 is 0 Å². The predicted octanol–water partition coefficient (Wildman–Crippen LogP) is 2.73. The Bertz CT molecular complexity index is 134. The molecular weight excluding hydrogens is 185 g/mol. The molecule has 0 radical (unpaired) electrons. The first-order valence-electron chi connectivity index (χ1n) is 4.21. The predicted molar refractivity (Wildman–Crippen MR) is 42.3 cm³/mol. The smallest absolute Gasteiger partial charge is 0.373 e. The molecule has 0 spiro atoms. The molecule has 0 aliphatic rings. The van der Waals surface area contributed by atoms with Crippen LogP contribution in [0.4, 0.5) is 13.2 Å². The molecule has 80 valence electrons. The lowest BCUT2D eigenvalue weighted by Gasteiger charge is -2.19. The van der Waals surface area contributed by atoms with E-state index in [2.05, 4.69) is 4.74 Å². The summed E-state index contributed by atoms with van der Waals surface area (Å²) in [5.41, 5.74) is 0. The Balaban J connectivity index is 3.72. The van der Waals surface area contributed by atoms with E-state index < -0.39 is 19.1 Å². The van der Waals surface area contributed by atoms with Crippen molar-refractivity contribution >= 4 is 0 Å². The number of ether oxygens (including phenoxy) is 2. The van der Waals surface area contributed by atoms with E-state index in [1.807, 2.05) is 0 Å². The van der Waals surface area contributed by atoms with Crippen molar-refractivity contribution in [3.05, 3.63) is 0 Å². The molecule has 13 heavy (non-hydrogen) atoms. The first kappa shape index (κ1) is 12.7. The summed E-state index contributed by atoms with van der Waals surface area (Å²) < 4.78 is 43.7. The van der Waals surface area contributed by atoms with Gasteiger partial charge in [0.2, 0.25) is 0 Å². The third kappa shape index (κ3) is 8.05. The summed E-state index contributed by atoms with van der Waals surface area (Å²) in [6.45, 7) is 4.87. The maximum atomic E-state index is 11.6. The van der Waals surface area contributed by atoms with Crippen molar-refractivity contribution in [3.8, 4) is 0 Å². The van der Waals surface area contributed by atoms with Gasteiger partial charge in [0.15, 0.2) is 0 Å². The highest BCUT2D eigenvalue weighted by molar-refractivity contribution is 4.55. The van der Waals surface area contributed by atoms with Crippen LogP contribution in [0.2, 0.25) is 0 Å². The number of alkyl halides is 3. The van der Waals surface area contributed by atoms with Gasteiger partial charge in [-0.3, -0.25) is 4.74 Å². The number of rotatable bonds is 5. The summed E-state index contributed by atoms with van der Waals surface area (Å²) in [4.78, 5) is 0. The monoisotopic (exact) mass is 200 g/mol. The molecule has 0 saturated heterocycles. The van der Waals surface area contributed by atoms with Crippen LogP contribution in [0.25, 0.3) is 0 Å². The molecule has 0 aromatic carbocycles. The molecule has 0 aliphatic heterocycles. The normalized spacial score (nSPS) is 15.0. The van der Waals surface area contributed by atoms with E-state index in [0.717, 1.165) is 0 Å². The minimum atomic E-state index is -4.56. The quantitative estimate of drug-likeness (QED) is 0.679. The van der Waals surface area contributed by atoms with Crippen molar-refractivity contribution in [1.29, 1.82) is 0 Å². The zero-order valence-corrected chi connectivity index (χ0v) is 8.02. The molecular formula is C8H15F3O2. The van der Waals surface area contributed by atoms with Gasteiger partial charge in [-0.05, 0) is 20.3 Å². The lowest BCUT2D eigenvalue weighted by Crippen LogP contribution is -2.27. The molecule has 0 bridgehead atoms. The Labute approximate surface area is 76.0 Å². The molecule has 0 N–H and O–H groups in total. The Kier molecular flexibility index (Phi) is 5.32. The second kappa shape index (κ2) is 5.44. The highest BCUT2D eigenvalue weighted by Crippen LogP contribution is 2.17. The number of hydrogen-bond donors (Lipinski definition) is 0. The molecule has 0 rings (SSSR count). The first-order chi connectivity index (χ1) is 5.85. The van der Waals surface area contributed by atoms with Crippen LogP contribution in [0.15, 0.2) is 0 Å². The van der Waals surface area contributed by atoms with Gasteiger partial charge in [-0.25, -0.2) is 0 Å². The molecule has 0 aromatic rings. The first-order valence-corrected chi connectivity index (χ1v) is 4.21. The lowest BCUT2D eigenvalue weighted by molar-refractivity contribution is -0.332. The van der Waals surface area contributed by atoms with E-state index in [4.69, 9.17) is 4.74 Å². The van der Waals surface area contributed by atoms with Gasteiger partial charge in [-0.1, -0.05) is 6.92 Å². The van der Waals surface area contributed by atoms with E-state index in [-0.39, 0.29) is 6.10 Å². The van der Waals surface area contributed by atoms with Gasteiger partial charge in [0.1, 0.15) is 0 Å². The van der Waals surface area contributed by atoms with Gasteiger partial charge in [0.25, 0.3) is 0 Å².